The van der Waals surface area contributed by atoms with Crippen LogP contribution >= 0.6 is 11.3 Å². The molecule has 138 valence electrons. The zero-order chi connectivity index (χ0) is 19.1. The van der Waals surface area contributed by atoms with E-state index >= 15 is 0 Å². The number of hydrogen-bond donors (Lipinski definition) is 2. The van der Waals surface area contributed by atoms with Crippen molar-refractivity contribution in [1.29, 1.82) is 0 Å². The Hall–Kier alpha value is -2.80. The summed E-state index contributed by atoms with van der Waals surface area (Å²) < 4.78 is 10.4. The number of thiophene rings is 1. The molecule has 0 atom stereocenters. The summed E-state index contributed by atoms with van der Waals surface area (Å²) in [6.07, 6.45) is 1.65. The maximum Gasteiger partial charge on any atom is 0.268 e. The first-order chi connectivity index (χ1) is 12.4. The first-order valence-electron chi connectivity index (χ1n) is 8.04. The van der Waals surface area contributed by atoms with Gasteiger partial charge in [0.2, 0.25) is 0 Å². The number of hydrogen-bond acceptors (Lipinski definition) is 5. The molecule has 7 heteroatoms. The van der Waals surface area contributed by atoms with Gasteiger partial charge in [0.1, 0.15) is 5.70 Å². The van der Waals surface area contributed by atoms with E-state index in [4.69, 9.17) is 9.47 Å². The smallest absolute Gasteiger partial charge is 0.268 e. The number of nitrogens with one attached hydrogen (secondary N) is 2. The maximum absolute atomic E-state index is 12.6. The van der Waals surface area contributed by atoms with Gasteiger partial charge in [0.15, 0.2) is 11.5 Å². The van der Waals surface area contributed by atoms with Crippen LogP contribution in [0, 0.1) is 0 Å². The summed E-state index contributed by atoms with van der Waals surface area (Å²) in [5, 5.41) is 7.38. The highest BCUT2D eigenvalue weighted by atomic mass is 32.1. The van der Waals surface area contributed by atoms with Gasteiger partial charge in [0, 0.05) is 16.5 Å². The van der Waals surface area contributed by atoms with Gasteiger partial charge in [-0.1, -0.05) is 6.07 Å². The minimum absolute atomic E-state index is 0.0489. The van der Waals surface area contributed by atoms with Crippen LogP contribution < -0.4 is 20.1 Å². The van der Waals surface area contributed by atoms with E-state index in [1.54, 1.807) is 24.3 Å². The average Bonchev–Trinajstić information content (AvgIpc) is 3.12. The highest BCUT2D eigenvalue weighted by Gasteiger charge is 2.17. The van der Waals surface area contributed by atoms with Gasteiger partial charge in [0.05, 0.1) is 14.2 Å². The molecule has 6 nitrogen and oxygen atoms in total. The van der Waals surface area contributed by atoms with Crippen LogP contribution in [-0.4, -0.2) is 32.1 Å². The second-order valence-corrected chi connectivity index (χ2v) is 6.70. The Labute approximate surface area is 156 Å². The van der Waals surface area contributed by atoms with E-state index in [0.29, 0.717) is 17.1 Å². The van der Waals surface area contributed by atoms with Crippen molar-refractivity contribution in [2.75, 3.05) is 14.2 Å². The minimum atomic E-state index is -0.410. The number of ether oxygens (including phenoxy) is 2. The van der Waals surface area contributed by atoms with E-state index in [2.05, 4.69) is 10.6 Å². The van der Waals surface area contributed by atoms with E-state index in [1.807, 2.05) is 31.4 Å². The molecule has 0 aliphatic rings. The number of amides is 2. The Morgan fingerprint density at radius 2 is 1.85 bits per heavy atom. The maximum atomic E-state index is 12.6. The van der Waals surface area contributed by atoms with Gasteiger partial charge in [0.25, 0.3) is 11.8 Å². The van der Waals surface area contributed by atoms with Gasteiger partial charge in [-0.3, -0.25) is 9.59 Å². The summed E-state index contributed by atoms with van der Waals surface area (Å²) in [5.74, 6) is 0.210. The number of carbonyl (C=O) groups is 2. The normalized spacial score (nSPS) is 11.2. The fourth-order valence-corrected chi connectivity index (χ4v) is 2.84. The highest BCUT2D eigenvalue weighted by molar-refractivity contribution is 7.10. The van der Waals surface area contributed by atoms with Crippen molar-refractivity contribution in [2.24, 2.45) is 0 Å². The summed E-state index contributed by atoms with van der Waals surface area (Å²) >= 11 is 1.48. The molecule has 0 saturated carbocycles. The molecular formula is C19H22N2O4S. The lowest BCUT2D eigenvalue weighted by Gasteiger charge is -2.14. The molecular weight excluding hydrogens is 352 g/mol. The second-order valence-electron chi connectivity index (χ2n) is 5.73. The lowest BCUT2D eigenvalue weighted by molar-refractivity contribution is -0.118. The van der Waals surface area contributed by atoms with Gasteiger partial charge in [-0.05, 0) is 49.6 Å². The molecule has 2 N–H and O–H groups in total. The Morgan fingerprint density at radius 1 is 1.12 bits per heavy atom. The Morgan fingerprint density at radius 3 is 2.42 bits per heavy atom. The third-order valence-corrected chi connectivity index (χ3v) is 4.21. The fraction of sp³-hybridized carbons (Fsp3) is 0.263. The molecule has 26 heavy (non-hydrogen) atoms. The van der Waals surface area contributed by atoms with Gasteiger partial charge in [-0.25, -0.2) is 0 Å². The lowest BCUT2D eigenvalue weighted by atomic mass is 10.1. The first kappa shape index (κ1) is 19.5. The molecule has 2 rings (SSSR count). The van der Waals surface area contributed by atoms with Gasteiger partial charge >= 0.3 is 0 Å². The number of benzene rings is 1. The van der Waals surface area contributed by atoms with Crippen LogP contribution in [0.15, 0.2) is 41.4 Å². The lowest BCUT2D eigenvalue weighted by Crippen LogP contribution is -2.38. The summed E-state index contributed by atoms with van der Waals surface area (Å²) in [6.45, 7) is 3.72. The van der Waals surface area contributed by atoms with Gasteiger partial charge < -0.3 is 20.1 Å². The van der Waals surface area contributed by atoms with E-state index in [0.717, 1.165) is 4.88 Å². The molecule has 0 saturated heterocycles. The zero-order valence-corrected chi connectivity index (χ0v) is 16.0. The molecule has 2 aromatic rings. The SMILES string of the molecule is COc1ccc(C(=O)N/C(=C\c2cccs2)C(=O)NC(C)C)cc1OC. The Kier molecular flexibility index (Phi) is 6.80. The average molecular weight is 374 g/mol. The van der Waals surface area contributed by atoms with Crippen LogP contribution in [0.5, 0.6) is 11.5 Å². The van der Waals surface area contributed by atoms with Crippen LogP contribution in [0.1, 0.15) is 29.1 Å². The van der Waals surface area contributed by atoms with Crippen LogP contribution in [0.25, 0.3) is 6.08 Å². The van der Waals surface area contributed by atoms with Crippen LogP contribution in [0.4, 0.5) is 0 Å². The number of carbonyl (C=O) groups excluding carboxylic acids is 2. The number of rotatable bonds is 7. The predicted molar refractivity (Wildman–Crippen MR) is 103 cm³/mol. The van der Waals surface area contributed by atoms with Crippen molar-refractivity contribution in [3.05, 3.63) is 51.8 Å². The van der Waals surface area contributed by atoms with E-state index in [1.165, 1.54) is 25.6 Å². The molecule has 0 bridgehead atoms. The predicted octanol–water partition coefficient (Wildman–Crippen LogP) is 3.06. The van der Waals surface area contributed by atoms with Crippen molar-refractivity contribution < 1.29 is 19.1 Å². The van der Waals surface area contributed by atoms with E-state index < -0.39 is 5.91 Å². The molecule has 0 radical (unpaired) electrons. The van der Waals surface area contributed by atoms with E-state index in [9.17, 15) is 9.59 Å². The summed E-state index contributed by atoms with van der Waals surface area (Å²) in [4.78, 5) is 25.9. The molecule has 1 heterocycles. The van der Waals surface area contributed by atoms with Gasteiger partial charge in [-0.15, -0.1) is 11.3 Å². The molecule has 0 spiro atoms. The van der Waals surface area contributed by atoms with E-state index in [-0.39, 0.29) is 17.6 Å². The monoisotopic (exact) mass is 374 g/mol. The van der Waals surface area contributed by atoms with Gasteiger partial charge in [-0.2, -0.15) is 0 Å². The van der Waals surface area contributed by atoms with Crippen molar-refractivity contribution in [3.63, 3.8) is 0 Å². The van der Waals surface area contributed by atoms with Crippen molar-refractivity contribution in [1.82, 2.24) is 10.6 Å². The molecule has 0 unspecified atom stereocenters. The third-order valence-electron chi connectivity index (χ3n) is 3.39. The Bertz CT molecular complexity index is 798. The molecule has 1 aromatic carbocycles. The van der Waals surface area contributed by atoms with Crippen molar-refractivity contribution in [2.45, 2.75) is 19.9 Å². The fourth-order valence-electron chi connectivity index (χ4n) is 2.19. The Balaban J connectivity index is 2.27. The molecule has 0 aliphatic heterocycles. The second kappa shape index (κ2) is 9.05. The molecule has 0 aliphatic carbocycles. The topological polar surface area (TPSA) is 76.7 Å². The zero-order valence-electron chi connectivity index (χ0n) is 15.2. The molecule has 1 aromatic heterocycles. The summed E-state index contributed by atoms with van der Waals surface area (Å²) in [7, 11) is 3.02. The van der Waals surface area contributed by atoms with Crippen LogP contribution in [0.2, 0.25) is 0 Å². The highest BCUT2D eigenvalue weighted by Crippen LogP contribution is 2.27. The minimum Gasteiger partial charge on any atom is -0.493 e. The largest absolute Gasteiger partial charge is 0.493 e. The first-order valence-corrected chi connectivity index (χ1v) is 8.92. The van der Waals surface area contributed by atoms with Crippen LogP contribution in [0.3, 0.4) is 0 Å². The van der Waals surface area contributed by atoms with Crippen molar-refractivity contribution >= 4 is 29.2 Å². The van der Waals surface area contributed by atoms with Crippen LogP contribution in [-0.2, 0) is 4.79 Å². The quantitative estimate of drug-likeness (QED) is 0.731. The van der Waals surface area contributed by atoms with Crippen molar-refractivity contribution in [3.8, 4) is 11.5 Å². The number of methoxy groups -OCH3 is 2. The molecule has 0 fully saturated rings. The standard InChI is InChI=1S/C19H22N2O4S/c1-12(2)20-19(23)15(11-14-6-5-9-26-14)21-18(22)13-7-8-16(24-3)17(10-13)25-4/h5-12H,1-4H3,(H,20,23)(H,21,22)/b15-11-. The third kappa shape index (κ3) is 5.10. The summed E-state index contributed by atoms with van der Waals surface area (Å²) in [6, 6.07) is 8.52. The summed E-state index contributed by atoms with van der Waals surface area (Å²) in [5.41, 5.74) is 0.540. The molecule has 2 amide bonds.